The molecule has 1 unspecified atom stereocenters. The number of piperidine rings is 1. The Hall–Kier alpha value is -2.13. The van der Waals surface area contributed by atoms with Gasteiger partial charge in [-0.25, -0.2) is 0 Å². The lowest BCUT2D eigenvalue weighted by molar-refractivity contribution is -0.385. The summed E-state index contributed by atoms with van der Waals surface area (Å²) < 4.78 is 0. The van der Waals surface area contributed by atoms with E-state index in [2.05, 4.69) is 4.90 Å². The fourth-order valence-corrected chi connectivity index (χ4v) is 2.65. The van der Waals surface area contributed by atoms with E-state index < -0.39 is 4.92 Å². The van der Waals surface area contributed by atoms with Crippen molar-refractivity contribution in [1.29, 1.82) is 5.26 Å². The molecule has 20 heavy (non-hydrogen) atoms. The van der Waals surface area contributed by atoms with Gasteiger partial charge in [0.2, 0.25) is 0 Å². The van der Waals surface area contributed by atoms with Crippen LogP contribution in [0.4, 0.5) is 11.4 Å². The molecule has 0 amide bonds. The summed E-state index contributed by atoms with van der Waals surface area (Å²) in [5.74, 6) is 0.528. The van der Waals surface area contributed by atoms with Gasteiger partial charge in [0.05, 0.1) is 4.92 Å². The number of hydrogen-bond acceptors (Lipinski definition) is 5. The molecule has 1 saturated heterocycles. The van der Waals surface area contributed by atoms with Gasteiger partial charge in [-0.15, -0.1) is 0 Å². The highest BCUT2D eigenvalue weighted by Crippen LogP contribution is 2.28. The van der Waals surface area contributed by atoms with Crippen LogP contribution in [0, 0.1) is 27.4 Å². The monoisotopic (exact) mass is 274 g/mol. The lowest BCUT2D eigenvalue weighted by Crippen LogP contribution is -2.39. The van der Waals surface area contributed by atoms with Crippen molar-refractivity contribution < 1.29 is 4.92 Å². The minimum atomic E-state index is -0.523. The first kappa shape index (κ1) is 14.3. The van der Waals surface area contributed by atoms with Crippen LogP contribution in [0.15, 0.2) is 18.2 Å². The maximum absolute atomic E-state index is 10.8. The van der Waals surface area contributed by atoms with Gasteiger partial charge >= 0.3 is 0 Å². The summed E-state index contributed by atoms with van der Waals surface area (Å²) in [4.78, 5) is 12.4. The van der Waals surface area contributed by atoms with Gasteiger partial charge in [0.15, 0.2) is 0 Å². The van der Waals surface area contributed by atoms with E-state index in [1.54, 1.807) is 12.1 Å². The van der Waals surface area contributed by atoms with Crippen LogP contribution in [-0.4, -0.2) is 24.1 Å². The van der Waals surface area contributed by atoms with Gasteiger partial charge in [-0.1, -0.05) is 0 Å². The molecule has 1 heterocycles. The molecule has 1 aromatic carbocycles. The van der Waals surface area contributed by atoms with Crippen molar-refractivity contribution in [3.05, 3.63) is 33.9 Å². The van der Waals surface area contributed by atoms with Gasteiger partial charge < -0.3 is 10.6 Å². The average molecular weight is 274 g/mol. The quantitative estimate of drug-likeness (QED) is 0.672. The van der Waals surface area contributed by atoms with Gasteiger partial charge in [-0.3, -0.25) is 10.1 Å². The molecule has 0 spiro atoms. The van der Waals surface area contributed by atoms with E-state index in [-0.39, 0.29) is 17.3 Å². The predicted octanol–water partition coefficient (Wildman–Crippen LogP) is 2.03. The predicted molar refractivity (Wildman–Crippen MR) is 76.4 cm³/mol. The van der Waals surface area contributed by atoms with Crippen LogP contribution in [0.25, 0.3) is 0 Å². The van der Waals surface area contributed by atoms with Gasteiger partial charge in [0.1, 0.15) is 11.6 Å². The Labute approximate surface area is 117 Å². The molecule has 2 rings (SSSR count). The lowest BCUT2D eigenvalue weighted by atomic mass is 9.90. The van der Waals surface area contributed by atoms with Crippen molar-refractivity contribution >= 4 is 11.4 Å². The number of anilines is 1. The second-order valence-electron chi connectivity index (χ2n) is 5.25. The van der Waals surface area contributed by atoms with Crippen LogP contribution in [-0.2, 0) is 0 Å². The third-order valence-corrected chi connectivity index (χ3v) is 3.95. The Balaban J connectivity index is 2.15. The third kappa shape index (κ3) is 2.89. The third-order valence-electron chi connectivity index (χ3n) is 3.95. The van der Waals surface area contributed by atoms with Gasteiger partial charge in [-0.05, 0) is 37.8 Å². The van der Waals surface area contributed by atoms with Crippen LogP contribution in [0.3, 0.4) is 0 Å². The minimum absolute atomic E-state index is 0.113. The summed E-state index contributed by atoms with van der Waals surface area (Å²) in [5, 5.41) is 19.8. The fraction of sp³-hybridized carbons (Fsp3) is 0.500. The maximum Gasteiger partial charge on any atom is 0.287 e. The number of nitrogens with zero attached hydrogens (tertiary/aromatic N) is 3. The standard InChI is InChI=1S/C14H18N4O2/c1-10(16)11-4-6-17(7-5-11)13-2-3-14(18(19)20)12(8-13)9-15/h2-3,8,10-11H,4-7,16H2,1H3. The molecule has 6 heteroatoms. The van der Waals surface area contributed by atoms with E-state index in [1.807, 2.05) is 13.0 Å². The number of nitrogens with two attached hydrogens (primary N) is 1. The Morgan fingerprint density at radius 2 is 2.15 bits per heavy atom. The van der Waals surface area contributed by atoms with Gasteiger partial charge in [0, 0.05) is 30.9 Å². The molecule has 0 radical (unpaired) electrons. The SMILES string of the molecule is CC(N)C1CCN(c2ccc([N+](=O)[O-])c(C#N)c2)CC1. The first-order valence-corrected chi connectivity index (χ1v) is 6.72. The van der Waals surface area contributed by atoms with Crippen molar-refractivity contribution in [3.63, 3.8) is 0 Å². The van der Waals surface area contributed by atoms with Crippen molar-refractivity contribution in [2.24, 2.45) is 11.7 Å². The zero-order valence-corrected chi connectivity index (χ0v) is 11.5. The summed E-state index contributed by atoms with van der Waals surface area (Å²) in [7, 11) is 0. The number of benzene rings is 1. The molecular weight excluding hydrogens is 256 g/mol. The highest BCUT2D eigenvalue weighted by atomic mass is 16.6. The molecule has 106 valence electrons. The number of rotatable bonds is 3. The molecule has 0 aliphatic carbocycles. The maximum atomic E-state index is 10.8. The Bertz CT molecular complexity index is 543. The summed E-state index contributed by atoms with van der Waals surface area (Å²) in [6, 6.07) is 6.82. The van der Waals surface area contributed by atoms with Crippen LogP contribution < -0.4 is 10.6 Å². The molecular formula is C14H18N4O2. The highest BCUT2D eigenvalue weighted by Gasteiger charge is 2.23. The molecule has 0 aromatic heterocycles. The van der Waals surface area contributed by atoms with Crippen molar-refractivity contribution in [2.45, 2.75) is 25.8 Å². The van der Waals surface area contributed by atoms with E-state index in [0.29, 0.717) is 5.92 Å². The van der Waals surface area contributed by atoms with E-state index in [0.717, 1.165) is 31.6 Å². The summed E-state index contributed by atoms with van der Waals surface area (Å²) in [5.41, 5.74) is 6.76. The Kier molecular flexibility index (Phi) is 4.20. The number of nitro groups is 1. The highest BCUT2D eigenvalue weighted by molar-refractivity contribution is 5.60. The first-order valence-electron chi connectivity index (χ1n) is 6.72. The fourth-order valence-electron chi connectivity index (χ4n) is 2.65. The van der Waals surface area contributed by atoms with Crippen LogP contribution in [0.1, 0.15) is 25.3 Å². The largest absolute Gasteiger partial charge is 0.371 e. The van der Waals surface area contributed by atoms with E-state index in [9.17, 15) is 10.1 Å². The number of nitriles is 1. The minimum Gasteiger partial charge on any atom is -0.371 e. The zero-order chi connectivity index (χ0) is 14.7. The molecule has 1 aliphatic rings. The van der Waals surface area contributed by atoms with E-state index in [1.165, 1.54) is 6.07 Å². The van der Waals surface area contributed by atoms with Crippen LogP contribution in [0.5, 0.6) is 0 Å². The van der Waals surface area contributed by atoms with Gasteiger partial charge in [0.25, 0.3) is 5.69 Å². The summed E-state index contributed by atoms with van der Waals surface area (Å²) >= 11 is 0. The second-order valence-corrected chi connectivity index (χ2v) is 5.25. The smallest absolute Gasteiger partial charge is 0.287 e. The molecule has 1 fully saturated rings. The molecule has 1 aromatic rings. The number of nitro benzene ring substituents is 1. The second kappa shape index (κ2) is 5.88. The van der Waals surface area contributed by atoms with Crippen molar-refractivity contribution in [3.8, 4) is 6.07 Å². The lowest BCUT2D eigenvalue weighted by Gasteiger charge is -2.35. The van der Waals surface area contributed by atoms with Crippen LogP contribution >= 0.6 is 0 Å². The summed E-state index contributed by atoms with van der Waals surface area (Å²) in [6.07, 6.45) is 2.02. The van der Waals surface area contributed by atoms with Crippen LogP contribution in [0.2, 0.25) is 0 Å². The Morgan fingerprint density at radius 3 is 2.65 bits per heavy atom. The number of hydrogen-bond donors (Lipinski definition) is 1. The van der Waals surface area contributed by atoms with Crippen molar-refractivity contribution in [1.82, 2.24) is 0 Å². The molecule has 2 N–H and O–H groups in total. The normalized spacial score (nSPS) is 17.6. The molecule has 1 atom stereocenters. The average Bonchev–Trinajstić information content (AvgIpc) is 2.46. The summed E-state index contributed by atoms with van der Waals surface area (Å²) in [6.45, 7) is 3.77. The van der Waals surface area contributed by atoms with E-state index >= 15 is 0 Å². The Morgan fingerprint density at radius 1 is 1.50 bits per heavy atom. The molecule has 0 bridgehead atoms. The van der Waals surface area contributed by atoms with E-state index in [4.69, 9.17) is 11.0 Å². The molecule has 0 saturated carbocycles. The van der Waals surface area contributed by atoms with Gasteiger partial charge in [-0.2, -0.15) is 5.26 Å². The molecule has 1 aliphatic heterocycles. The molecule has 6 nitrogen and oxygen atoms in total. The van der Waals surface area contributed by atoms with Crippen molar-refractivity contribution in [2.75, 3.05) is 18.0 Å². The topological polar surface area (TPSA) is 96.2 Å². The zero-order valence-electron chi connectivity index (χ0n) is 11.5. The first-order chi connectivity index (χ1) is 9.52.